The quantitative estimate of drug-likeness (QED) is 0.478. The minimum Gasteiger partial charge on any atom is -0.454 e. The predicted molar refractivity (Wildman–Crippen MR) is 132 cm³/mol. The van der Waals surface area contributed by atoms with Crippen LogP contribution in [0.1, 0.15) is 72.4 Å². The molecule has 1 aromatic heterocycles. The third-order valence-corrected chi connectivity index (χ3v) is 6.99. The first kappa shape index (κ1) is 23.9. The predicted octanol–water partition coefficient (Wildman–Crippen LogP) is 5.00. The summed E-state index contributed by atoms with van der Waals surface area (Å²) < 4.78 is 16.2. The van der Waals surface area contributed by atoms with Gasteiger partial charge >= 0.3 is 0 Å². The molecular formula is C28H31N3O5. The number of carbonyl (C=O) groups is 2. The van der Waals surface area contributed by atoms with Crippen molar-refractivity contribution in [2.24, 2.45) is 5.92 Å². The van der Waals surface area contributed by atoms with E-state index < -0.39 is 0 Å². The van der Waals surface area contributed by atoms with E-state index in [-0.39, 0.29) is 42.8 Å². The van der Waals surface area contributed by atoms with Crippen molar-refractivity contribution in [3.05, 3.63) is 77.2 Å². The average Bonchev–Trinajstić information content (AvgIpc) is 3.60. The zero-order valence-electron chi connectivity index (χ0n) is 20.4. The van der Waals surface area contributed by atoms with Crippen LogP contribution >= 0.6 is 0 Å². The molecule has 8 nitrogen and oxygen atoms in total. The molecule has 1 aliphatic carbocycles. The molecule has 3 aromatic rings. The van der Waals surface area contributed by atoms with Crippen LogP contribution in [-0.4, -0.2) is 28.7 Å². The van der Waals surface area contributed by atoms with Gasteiger partial charge in [-0.05, 0) is 43.0 Å². The van der Waals surface area contributed by atoms with Gasteiger partial charge in [0.1, 0.15) is 0 Å². The molecule has 0 spiro atoms. The van der Waals surface area contributed by atoms with Crippen LogP contribution in [0.25, 0.3) is 0 Å². The van der Waals surface area contributed by atoms with Crippen LogP contribution in [-0.2, 0) is 17.9 Å². The highest BCUT2D eigenvalue weighted by atomic mass is 16.7. The molecule has 1 unspecified atom stereocenters. The Morgan fingerprint density at radius 2 is 1.81 bits per heavy atom. The summed E-state index contributed by atoms with van der Waals surface area (Å²) >= 11 is 0. The molecule has 2 aromatic carbocycles. The monoisotopic (exact) mass is 489 g/mol. The minimum atomic E-state index is -0.344. The van der Waals surface area contributed by atoms with Crippen LogP contribution in [0.5, 0.6) is 11.5 Å². The van der Waals surface area contributed by atoms with Crippen LogP contribution in [0, 0.1) is 5.92 Å². The summed E-state index contributed by atoms with van der Waals surface area (Å²) in [7, 11) is 0. The number of ether oxygens (including phenoxy) is 2. The van der Waals surface area contributed by atoms with E-state index in [0.717, 1.165) is 36.8 Å². The van der Waals surface area contributed by atoms with Crippen molar-refractivity contribution < 1.29 is 23.6 Å². The standard InChI is InChI=1S/C28H31N3O5/c1-19(21-8-4-2-5-9-21)31(28(33)22-10-6-3-7-11-22)17-23-15-24(30-36-23)27(32)29-16-20-12-13-25-26(14-20)35-18-34-25/h2,4-5,8-9,12-15,19,22H,3,6-7,10-11,16-18H2,1H3,(H,29,32). The summed E-state index contributed by atoms with van der Waals surface area (Å²) in [6, 6.07) is 17.0. The summed E-state index contributed by atoms with van der Waals surface area (Å²) in [4.78, 5) is 28.1. The lowest BCUT2D eigenvalue weighted by Gasteiger charge is -2.33. The Morgan fingerprint density at radius 1 is 1.03 bits per heavy atom. The molecule has 5 rings (SSSR count). The van der Waals surface area contributed by atoms with E-state index in [1.54, 1.807) is 6.07 Å². The summed E-state index contributed by atoms with van der Waals surface area (Å²) in [5.74, 6) is 1.66. The molecule has 1 aliphatic heterocycles. The highest BCUT2D eigenvalue weighted by Gasteiger charge is 2.30. The minimum absolute atomic E-state index is 0.0253. The molecule has 8 heteroatoms. The van der Waals surface area contributed by atoms with Gasteiger partial charge in [-0.1, -0.05) is 60.8 Å². The number of nitrogens with one attached hydrogen (secondary N) is 1. The SMILES string of the molecule is CC(c1ccccc1)N(Cc1cc(C(=O)NCc2ccc3c(c2)OCO3)no1)C(=O)C1CCCCC1. The Balaban J connectivity index is 1.26. The Bertz CT molecular complexity index is 1200. The average molecular weight is 490 g/mol. The van der Waals surface area contributed by atoms with Crippen LogP contribution in [0.4, 0.5) is 0 Å². The number of nitrogens with zero attached hydrogens (tertiary/aromatic N) is 2. The van der Waals surface area contributed by atoms with Crippen molar-refractivity contribution in [1.82, 2.24) is 15.4 Å². The van der Waals surface area contributed by atoms with Crippen molar-refractivity contribution >= 4 is 11.8 Å². The van der Waals surface area contributed by atoms with Gasteiger partial charge < -0.3 is 24.2 Å². The number of benzene rings is 2. The lowest BCUT2D eigenvalue weighted by Crippen LogP contribution is -2.38. The number of fused-ring (bicyclic) bond motifs is 1. The first-order valence-electron chi connectivity index (χ1n) is 12.6. The zero-order valence-corrected chi connectivity index (χ0v) is 20.4. The Hall–Kier alpha value is -3.81. The fraction of sp³-hybridized carbons (Fsp3) is 0.393. The highest BCUT2D eigenvalue weighted by molar-refractivity contribution is 5.92. The molecule has 1 atom stereocenters. The second-order valence-electron chi connectivity index (χ2n) is 9.44. The number of carbonyl (C=O) groups excluding carboxylic acids is 2. The van der Waals surface area contributed by atoms with Gasteiger partial charge in [0.15, 0.2) is 23.0 Å². The van der Waals surface area contributed by atoms with E-state index in [2.05, 4.69) is 10.5 Å². The van der Waals surface area contributed by atoms with Crippen LogP contribution < -0.4 is 14.8 Å². The molecule has 1 saturated carbocycles. The molecule has 0 radical (unpaired) electrons. The van der Waals surface area contributed by atoms with Crippen molar-refractivity contribution in [2.75, 3.05) is 6.79 Å². The number of hydrogen-bond donors (Lipinski definition) is 1. The van der Waals surface area contributed by atoms with Gasteiger partial charge in [-0.25, -0.2) is 0 Å². The topological polar surface area (TPSA) is 93.9 Å². The molecular weight excluding hydrogens is 458 g/mol. The molecule has 2 amide bonds. The first-order valence-corrected chi connectivity index (χ1v) is 12.6. The largest absolute Gasteiger partial charge is 0.454 e. The molecule has 36 heavy (non-hydrogen) atoms. The van der Waals surface area contributed by atoms with E-state index >= 15 is 0 Å². The van der Waals surface area contributed by atoms with Gasteiger partial charge in [0.05, 0.1) is 12.6 Å². The smallest absolute Gasteiger partial charge is 0.273 e. The van der Waals surface area contributed by atoms with E-state index in [4.69, 9.17) is 14.0 Å². The van der Waals surface area contributed by atoms with Crippen LogP contribution in [0.3, 0.4) is 0 Å². The lowest BCUT2D eigenvalue weighted by atomic mass is 9.87. The second-order valence-corrected chi connectivity index (χ2v) is 9.44. The van der Waals surface area contributed by atoms with Gasteiger partial charge in [0, 0.05) is 18.5 Å². The number of aromatic nitrogens is 1. The van der Waals surface area contributed by atoms with Gasteiger partial charge in [-0.2, -0.15) is 0 Å². The van der Waals surface area contributed by atoms with E-state index in [9.17, 15) is 9.59 Å². The molecule has 188 valence electrons. The summed E-state index contributed by atoms with van der Waals surface area (Å²) in [6.45, 7) is 2.81. The molecule has 0 saturated heterocycles. The third-order valence-electron chi connectivity index (χ3n) is 6.99. The zero-order chi connectivity index (χ0) is 24.9. The normalized spacial score (nSPS) is 15.9. The Labute approximate surface area is 210 Å². The van der Waals surface area contributed by atoms with Crippen LogP contribution in [0.15, 0.2) is 59.1 Å². The lowest BCUT2D eigenvalue weighted by molar-refractivity contribution is -0.140. The highest BCUT2D eigenvalue weighted by Crippen LogP contribution is 2.33. The molecule has 0 bridgehead atoms. The molecule has 1 N–H and O–H groups in total. The maximum Gasteiger partial charge on any atom is 0.273 e. The third kappa shape index (κ3) is 5.37. The maximum absolute atomic E-state index is 13.6. The van der Waals surface area contributed by atoms with Crippen molar-refractivity contribution in [1.29, 1.82) is 0 Å². The summed E-state index contributed by atoms with van der Waals surface area (Å²) in [6.07, 6.45) is 5.19. The summed E-state index contributed by atoms with van der Waals surface area (Å²) in [5, 5.41) is 6.83. The second kappa shape index (κ2) is 10.8. The number of hydrogen-bond acceptors (Lipinski definition) is 6. The number of rotatable bonds is 8. The van der Waals surface area contributed by atoms with Crippen molar-refractivity contribution in [3.8, 4) is 11.5 Å². The first-order chi connectivity index (χ1) is 17.6. The van der Waals surface area contributed by atoms with E-state index in [1.165, 1.54) is 6.42 Å². The van der Waals surface area contributed by atoms with Gasteiger partial charge in [-0.15, -0.1) is 0 Å². The van der Waals surface area contributed by atoms with Gasteiger partial charge in [-0.3, -0.25) is 9.59 Å². The Kier molecular flexibility index (Phi) is 7.21. The van der Waals surface area contributed by atoms with Gasteiger partial charge in [0.2, 0.25) is 12.7 Å². The molecule has 1 fully saturated rings. The molecule has 2 aliphatic rings. The summed E-state index contributed by atoms with van der Waals surface area (Å²) in [5.41, 5.74) is 2.13. The fourth-order valence-electron chi connectivity index (χ4n) is 4.89. The van der Waals surface area contributed by atoms with E-state index in [0.29, 0.717) is 23.8 Å². The molecule has 2 heterocycles. The van der Waals surface area contributed by atoms with Gasteiger partial charge in [0.25, 0.3) is 5.91 Å². The fourth-order valence-corrected chi connectivity index (χ4v) is 4.89. The van der Waals surface area contributed by atoms with Crippen molar-refractivity contribution in [3.63, 3.8) is 0 Å². The van der Waals surface area contributed by atoms with Crippen LogP contribution in [0.2, 0.25) is 0 Å². The maximum atomic E-state index is 13.6. The Morgan fingerprint density at radius 3 is 2.61 bits per heavy atom. The van der Waals surface area contributed by atoms with E-state index in [1.807, 2.05) is 60.4 Å². The number of amides is 2. The van der Waals surface area contributed by atoms with Crippen molar-refractivity contribution in [2.45, 2.75) is 58.2 Å².